The van der Waals surface area contributed by atoms with E-state index in [-0.39, 0.29) is 23.7 Å². The van der Waals surface area contributed by atoms with Crippen LogP contribution in [-0.4, -0.2) is 53.3 Å². The molecule has 1 saturated heterocycles. The standard InChI is InChI=1S/C15H22N2O5/c1-8-6-17(7-9(2)20-8)14(18)12(5)21-15(19)13-10(3)16-22-11(13)4/h8-9,12H,6-7H2,1-5H3/t8-,9-,12-/m1/s1. The highest BCUT2D eigenvalue weighted by Crippen LogP contribution is 2.16. The molecule has 0 N–H and O–H groups in total. The van der Waals surface area contributed by atoms with Crippen molar-refractivity contribution in [2.45, 2.75) is 52.9 Å². The van der Waals surface area contributed by atoms with Crippen LogP contribution in [0.3, 0.4) is 0 Å². The lowest BCUT2D eigenvalue weighted by molar-refractivity contribution is -0.151. The van der Waals surface area contributed by atoms with Crippen molar-refractivity contribution in [2.24, 2.45) is 0 Å². The van der Waals surface area contributed by atoms with E-state index in [0.717, 1.165) is 0 Å². The summed E-state index contributed by atoms with van der Waals surface area (Å²) in [5.41, 5.74) is 0.735. The van der Waals surface area contributed by atoms with Crippen LogP contribution in [0.4, 0.5) is 0 Å². The van der Waals surface area contributed by atoms with Gasteiger partial charge in [-0.05, 0) is 34.6 Å². The molecule has 0 spiro atoms. The third-order valence-electron chi connectivity index (χ3n) is 3.60. The molecule has 0 radical (unpaired) electrons. The van der Waals surface area contributed by atoms with Gasteiger partial charge in [0, 0.05) is 13.1 Å². The van der Waals surface area contributed by atoms with Crippen LogP contribution in [0.5, 0.6) is 0 Å². The van der Waals surface area contributed by atoms with Gasteiger partial charge in [0.05, 0.1) is 17.9 Å². The first-order chi connectivity index (χ1) is 10.3. The minimum atomic E-state index is -0.862. The lowest BCUT2D eigenvalue weighted by Gasteiger charge is -2.36. The number of aryl methyl sites for hydroxylation is 2. The van der Waals surface area contributed by atoms with Crippen LogP contribution >= 0.6 is 0 Å². The molecular weight excluding hydrogens is 288 g/mol. The summed E-state index contributed by atoms with van der Waals surface area (Å²) in [6, 6.07) is 0. The first-order valence-corrected chi connectivity index (χ1v) is 7.37. The zero-order valence-electron chi connectivity index (χ0n) is 13.6. The van der Waals surface area contributed by atoms with E-state index < -0.39 is 12.1 Å². The maximum atomic E-state index is 12.4. The van der Waals surface area contributed by atoms with Gasteiger partial charge in [0.25, 0.3) is 5.91 Å². The van der Waals surface area contributed by atoms with E-state index >= 15 is 0 Å². The number of aromatic nitrogens is 1. The molecule has 0 saturated carbocycles. The summed E-state index contributed by atoms with van der Waals surface area (Å²) in [5.74, 6) is -0.427. The Morgan fingerprint density at radius 3 is 2.36 bits per heavy atom. The second-order valence-electron chi connectivity index (χ2n) is 5.75. The van der Waals surface area contributed by atoms with Crippen LogP contribution in [0.25, 0.3) is 0 Å². The Kier molecular flexibility index (Phi) is 4.85. The Bertz CT molecular complexity index is 539. The number of ether oxygens (including phenoxy) is 2. The average Bonchev–Trinajstić information content (AvgIpc) is 2.76. The first-order valence-electron chi connectivity index (χ1n) is 7.37. The Balaban J connectivity index is 2.01. The predicted molar refractivity (Wildman–Crippen MR) is 77.4 cm³/mol. The van der Waals surface area contributed by atoms with Crippen LogP contribution < -0.4 is 0 Å². The van der Waals surface area contributed by atoms with Crippen molar-refractivity contribution in [3.05, 3.63) is 17.0 Å². The zero-order valence-corrected chi connectivity index (χ0v) is 13.6. The molecular formula is C15H22N2O5. The van der Waals surface area contributed by atoms with Crippen LogP contribution in [-0.2, 0) is 14.3 Å². The number of nitrogens with zero attached hydrogens (tertiary/aromatic N) is 2. The van der Waals surface area contributed by atoms with Gasteiger partial charge in [-0.2, -0.15) is 0 Å². The highest BCUT2D eigenvalue weighted by atomic mass is 16.6. The van der Waals surface area contributed by atoms with Crippen molar-refractivity contribution < 1.29 is 23.6 Å². The number of hydrogen-bond donors (Lipinski definition) is 0. The highest BCUT2D eigenvalue weighted by Gasteiger charge is 2.31. The Morgan fingerprint density at radius 1 is 1.27 bits per heavy atom. The summed E-state index contributed by atoms with van der Waals surface area (Å²) in [6.45, 7) is 9.68. The van der Waals surface area contributed by atoms with Crippen LogP contribution in [0.1, 0.15) is 42.6 Å². The minimum Gasteiger partial charge on any atom is -0.449 e. The third kappa shape index (κ3) is 3.47. The molecule has 122 valence electrons. The smallest absolute Gasteiger partial charge is 0.344 e. The van der Waals surface area contributed by atoms with Crippen molar-refractivity contribution in [3.63, 3.8) is 0 Å². The molecule has 1 aromatic heterocycles. The fourth-order valence-corrected chi connectivity index (χ4v) is 2.66. The van der Waals surface area contributed by atoms with E-state index in [2.05, 4.69) is 5.16 Å². The van der Waals surface area contributed by atoms with Crippen molar-refractivity contribution in [3.8, 4) is 0 Å². The number of hydrogen-bond acceptors (Lipinski definition) is 6. The quantitative estimate of drug-likeness (QED) is 0.786. The summed E-state index contributed by atoms with van der Waals surface area (Å²) in [6.07, 6.45) is -0.921. The summed E-state index contributed by atoms with van der Waals surface area (Å²) in [5, 5.41) is 3.71. The maximum Gasteiger partial charge on any atom is 0.344 e. The normalized spacial score (nSPS) is 23.2. The molecule has 22 heavy (non-hydrogen) atoms. The van der Waals surface area contributed by atoms with Crippen LogP contribution in [0.15, 0.2) is 4.52 Å². The molecule has 0 aromatic carbocycles. The van der Waals surface area contributed by atoms with Gasteiger partial charge in [0.15, 0.2) is 6.10 Å². The molecule has 1 aliphatic rings. The fraction of sp³-hybridized carbons (Fsp3) is 0.667. The first kappa shape index (κ1) is 16.5. The highest BCUT2D eigenvalue weighted by molar-refractivity contribution is 5.93. The fourth-order valence-electron chi connectivity index (χ4n) is 2.66. The third-order valence-corrected chi connectivity index (χ3v) is 3.60. The van der Waals surface area contributed by atoms with E-state index in [9.17, 15) is 9.59 Å². The number of morpholine rings is 1. The average molecular weight is 310 g/mol. The summed E-state index contributed by atoms with van der Waals surface area (Å²) < 4.78 is 15.8. The van der Waals surface area contributed by atoms with Crippen molar-refractivity contribution >= 4 is 11.9 Å². The van der Waals surface area contributed by atoms with Crippen molar-refractivity contribution in [1.29, 1.82) is 0 Å². The van der Waals surface area contributed by atoms with Gasteiger partial charge in [0.1, 0.15) is 11.3 Å². The van der Waals surface area contributed by atoms with E-state index in [0.29, 0.717) is 24.5 Å². The lowest BCUT2D eigenvalue weighted by atomic mass is 10.2. The topological polar surface area (TPSA) is 81.9 Å². The van der Waals surface area contributed by atoms with Gasteiger partial charge in [-0.3, -0.25) is 4.79 Å². The predicted octanol–water partition coefficient (Wildman–Crippen LogP) is 1.47. The zero-order chi connectivity index (χ0) is 16.4. The Labute approximate surface area is 129 Å². The monoisotopic (exact) mass is 310 g/mol. The summed E-state index contributed by atoms with van der Waals surface area (Å²) in [4.78, 5) is 26.2. The van der Waals surface area contributed by atoms with Gasteiger partial charge in [-0.15, -0.1) is 0 Å². The van der Waals surface area contributed by atoms with Gasteiger partial charge >= 0.3 is 5.97 Å². The maximum absolute atomic E-state index is 12.4. The number of amides is 1. The van der Waals surface area contributed by atoms with Crippen molar-refractivity contribution in [1.82, 2.24) is 10.1 Å². The molecule has 0 unspecified atom stereocenters. The lowest BCUT2D eigenvalue weighted by Crippen LogP contribution is -2.51. The van der Waals surface area contributed by atoms with Gasteiger partial charge in [-0.1, -0.05) is 5.16 Å². The number of esters is 1. The van der Waals surface area contributed by atoms with E-state index in [1.54, 1.807) is 25.7 Å². The SMILES string of the molecule is Cc1noc(C)c1C(=O)O[C@H](C)C(=O)N1C[C@@H](C)O[C@H](C)C1. The van der Waals surface area contributed by atoms with E-state index in [4.69, 9.17) is 14.0 Å². The van der Waals surface area contributed by atoms with Gasteiger partial charge in [0.2, 0.25) is 0 Å². The van der Waals surface area contributed by atoms with Crippen LogP contribution in [0, 0.1) is 13.8 Å². The molecule has 7 heteroatoms. The number of rotatable bonds is 3. The van der Waals surface area contributed by atoms with Gasteiger partial charge < -0.3 is 18.9 Å². The van der Waals surface area contributed by atoms with E-state index in [1.807, 2.05) is 13.8 Å². The molecule has 1 aliphatic heterocycles. The number of carbonyl (C=O) groups is 2. The summed E-state index contributed by atoms with van der Waals surface area (Å²) in [7, 11) is 0. The second kappa shape index (κ2) is 6.48. The molecule has 1 fully saturated rings. The molecule has 7 nitrogen and oxygen atoms in total. The number of carbonyl (C=O) groups excluding carboxylic acids is 2. The Morgan fingerprint density at radius 2 is 1.86 bits per heavy atom. The largest absolute Gasteiger partial charge is 0.449 e. The van der Waals surface area contributed by atoms with E-state index in [1.165, 1.54) is 0 Å². The van der Waals surface area contributed by atoms with Crippen LogP contribution in [0.2, 0.25) is 0 Å². The molecule has 2 heterocycles. The minimum absolute atomic E-state index is 0.0295. The molecule has 1 aromatic rings. The molecule has 1 amide bonds. The van der Waals surface area contributed by atoms with Crippen molar-refractivity contribution in [2.75, 3.05) is 13.1 Å². The molecule has 3 atom stereocenters. The Hall–Kier alpha value is -1.89. The second-order valence-corrected chi connectivity index (χ2v) is 5.75. The molecule has 2 rings (SSSR count). The summed E-state index contributed by atoms with van der Waals surface area (Å²) >= 11 is 0. The van der Waals surface area contributed by atoms with Gasteiger partial charge in [-0.25, -0.2) is 4.79 Å². The molecule has 0 bridgehead atoms. The molecule has 0 aliphatic carbocycles.